The molecule has 4 heteroatoms. The van der Waals surface area contributed by atoms with Gasteiger partial charge in [-0.1, -0.05) is 12.1 Å². The molecule has 0 spiro atoms. The zero-order valence-corrected chi connectivity index (χ0v) is 14.4. The third-order valence-corrected chi connectivity index (χ3v) is 4.86. The molecule has 0 atom stereocenters. The average molecular weight is 336 g/mol. The van der Waals surface area contributed by atoms with Crippen molar-refractivity contribution >= 4 is 11.8 Å². The molecule has 3 nitrogen and oxygen atoms in total. The number of rotatable bonds is 6. The molecule has 0 fully saturated rings. The zero-order chi connectivity index (χ0) is 16.8. The van der Waals surface area contributed by atoms with Gasteiger partial charge in [-0.2, -0.15) is 0 Å². The van der Waals surface area contributed by atoms with Crippen molar-refractivity contribution in [2.45, 2.75) is 23.3 Å². The average Bonchev–Trinajstić information content (AvgIpc) is 2.63. The van der Waals surface area contributed by atoms with E-state index in [1.54, 1.807) is 36.5 Å². The Morgan fingerprint density at radius 1 is 0.792 bits per heavy atom. The van der Waals surface area contributed by atoms with E-state index in [1.807, 2.05) is 36.4 Å². The van der Waals surface area contributed by atoms with Gasteiger partial charge in [0.1, 0.15) is 0 Å². The topological polar surface area (TPSA) is 46.0 Å². The molecule has 0 bridgehead atoms. The van der Waals surface area contributed by atoms with Crippen LogP contribution >= 0.6 is 11.8 Å². The Balaban J connectivity index is 1.95. The standard InChI is InChI=1S/C20H20N2OS/c1-24-19-4-2-18(3-5-19)20(23,14-16-6-10-21-11-7-16)15-17-8-12-22-13-9-17/h2-13,23H,14-15H2,1H3. The Hall–Kier alpha value is -2.17. The number of pyridine rings is 2. The molecule has 3 rings (SSSR count). The number of hydrogen-bond donors (Lipinski definition) is 1. The van der Waals surface area contributed by atoms with Gasteiger partial charge in [-0.25, -0.2) is 0 Å². The summed E-state index contributed by atoms with van der Waals surface area (Å²) in [5.41, 5.74) is 2.08. The fourth-order valence-corrected chi connectivity index (χ4v) is 3.25. The summed E-state index contributed by atoms with van der Waals surface area (Å²) >= 11 is 1.70. The van der Waals surface area contributed by atoms with Gasteiger partial charge in [-0.3, -0.25) is 9.97 Å². The van der Waals surface area contributed by atoms with Crippen LogP contribution in [-0.2, 0) is 18.4 Å². The monoisotopic (exact) mass is 336 g/mol. The van der Waals surface area contributed by atoms with Crippen LogP contribution in [0.4, 0.5) is 0 Å². The van der Waals surface area contributed by atoms with Crippen LogP contribution in [0.1, 0.15) is 16.7 Å². The van der Waals surface area contributed by atoms with Gasteiger partial charge in [0.15, 0.2) is 0 Å². The van der Waals surface area contributed by atoms with Crippen molar-refractivity contribution in [2.75, 3.05) is 6.26 Å². The minimum atomic E-state index is -0.973. The number of aliphatic hydroxyl groups is 1. The molecule has 0 amide bonds. The molecule has 2 aromatic heterocycles. The van der Waals surface area contributed by atoms with Crippen molar-refractivity contribution in [1.82, 2.24) is 9.97 Å². The predicted molar refractivity (Wildman–Crippen MR) is 98.0 cm³/mol. The Bertz CT molecular complexity index is 719. The van der Waals surface area contributed by atoms with Gasteiger partial charge < -0.3 is 5.11 Å². The minimum absolute atomic E-state index is 0.538. The van der Waals surface area contributed by atoms with Crippen molar-refractivity contribution in [2.24, 2.45) is 0 Å². The molecule has 0 aliphatic heterocycles. The lowest BCUT2D eigenvalue weighted by molar-refractivity contribution is 0.0370. The summed E-state index contributed by atoms with van der Waals surface area (Å²) in [6.45, 7) is 0. The van der Waals surface area contributed by atoms with Crippen LogP contribution < -0.4 is 0 Å². The second-order valence-electron chi connectivity index (χ2n) is 5.82. The Morgan fingerprint density at radius 3 is 1.67 bits per heavy atom. The molecule has 2 heterocycles. The first kappa shape index (κ1) is 16.7. The van der Waals surface area contributed by atoms with Gasteiger partial charge in [-0.05, 0) is 59.3 Å². The highest BCUT2D eigenvalue weighted by Gasteiger charge is 2.30. The molecule has 1 aromatic carbocycles. The van der Waals surface area contributed by atoms with Crippen LogP contribution in [0.2, 0.25) is 0 Å². The summed E-state index contributed by atoms with van der Waals surface area (Å²) in [6, 6.07) is 16.0. The van der Waals surface area contributed by atoms with Gasteiger partial charge in [0.25, 0.3) is 0 Å². The van der Waals surface area contributed by atoms with E-state index >= 15 is 0 Å². The highest BCUT2D eigenvalue weighted by atomic mass is 32.2. The first-order chi connectivity index (χ1) is 11.7. The highest BCUT2D eigenvalue weighted by Crippen LogP contribution is 2.31. The lowest BCUT2D eigenvalue weighted by Crippen LogP contribution is -2.31. The summed E-state index contributed by atoms with van der Waals surface area (Å²) in [7, 11) is 0. The number of thioether (sulfide) groups is 1. The molecule has 0 aliphatic rings. The van der Waals surface area contributed by atoms with Crippen LogP contribution in [0.25, 0.3) is 0 Å². The first-order valence-corrected chi connectivity index (χ1v) is 9.07. The maximum Gasteiger partial charge on any atom is 0.0976 e. The molecule has 0 saturated carbocycles. The molecule has 0 unspecified atom stereocenters. The SMILES string of the molecule is CSc1ccc(C(O)(Cc2ccncc2)Cc2ccncc2)cc1. The zero-order valence-electron chi connectivity index (χ0n) is 13.6. The lowest BCUT2D eigenvalue weighted by Gasteiger charge is -2.29. The lowest BCUT2D eigenvalue weighted by atomic mass is 9.82. The summed E-state index contributed by atoms with van der Waals surface area (Å²) in [4.78, 5) is 9.31. The normalized spacial score (nSPS) is 11.4. The van der Waals surface area contributed by atoms with Crippen LogP contribution in [0, 0.1) is 0 Å². The van der Waals surface area contributed by atoms with E-state index < -0.39 is 5.60 Å². The van der Waals surface area contributed by atoms with Gasteiger partial charge in [0.2, 0.25) is 0 Å². The second kappa shape index (κ2) is 7.60. The summed E-state index contributed by atoms with van der Waals surface area (Å²) in [5, 5.41) is 11.5. The minimum Gasteiger partial charge on any atom is -0.384 e. The third-order valence-electron chi connectivity index (χ3n) is 4.12. The van der Waals surface area contributed by atoms with Crippen LogP contribution in [0.15, 0.2) is 78.2 Å². The van der Waals surface area contributed by atoms with Crippen molar-refractivity contribution in [3.8, 4) is 0 Å². The fraction of sp³-hybridized carbons (Fsp3) is 0.200. The van der Waals surface area contributed by atoms with Gasteiger partial charge >= 0.3 is 0 Å². The fourth-order valence-electron chi connectivity index (χ4n) is 2.84. The first-order valence-electron chi connectivity index (χ1n) is 7.84. The van der Waals surface area contributed by atoms with Crippen molar-refractivity contribution < 1.29 is 5.11 Å². The number of hydrogen-bond acceptors (Lipinski definition) is 4. The van der Waals surface area contributed by atoms with E-state index in [4.69, 9.17) is 0 Å². The second-order valence-corrected chi connectivity index (χ2v) is 6.70. The Labute approximate surface area is 146 Å². The van der Waals surface area contributed by atoms with Gasteiger partial charge in [0.05, 0.1) is 5.60 Å². The largest absolute Gasteiger partial charge is 0.384 e. The summed E-state index contributed by atoms with van der Waals surface area (Å²) in [6.07, 6.45) is 10.2. The number of benzene rings is 1. The molecular formula is C20H20N2OS. The van der Waals surface area contributed by atoms with E-state index in [2.05, 4.69) is 28.4 Å². The van der Waals surface area contributed by atoms with Crippen molar-refractivity contribution in [3.63, 3.8) is 0 Å². The maximum absolute atomic E-state index is 11.5. The van der Waals surface area contributed by atoms with E-state index in [0.717, 1.165) is 16.7 Å². The predicted octanol–water partition coefficient (Wildman–Crippen LogP) is 3.87. The Kier molecular flexibility index (Phi) is 5.28. The van der Waals surface area contributed by atoms with Crippen LogP contribution in [-0.4, -0.2) is 21.3 Å². The molecule has 0 aliphatic carbocycles. The molecule has 1 N–H and O–H groups in total. The molecule has 0 saturated heterocycles. The maximum atomic E-state index is 11.5. The number of aromatic nitrogens is 2. The quantitative estimate of drug-likeness (QED) is 0.694. The Morgan fingerprint density at radius 2 is 1.25 bits per heavy atom. The molecule has 122 valence electrons. The van der Waals surface area contributed by atoms with Crippen LogP contribution in [0.5, 0.6) is 0 Å². The summed E-state index contributed by atoms with van der Waals surface area (Å²) < 4.78 is 0. The molecule has 24 heavy (non-hydrogen) atoms. The highest BCUT2D eigenvalue weighted by molar-refractivity contribution is 7.98. The van der Waals surface area contributed by atoms with Crippen molar-refractivity contribution in [1.29, 1.82) is 0 Å². The van der Waals surface area contributed by atoms with Gasteiger partial charge in [-0.15, -0.1) is 11.8 Å². The smallest absolute Gasteiger partial charge is 0.0976 e. The van der Waals surface area contributed by atoms with Crippen molar-refractivity contribution in [3.05, 3.63) is 90.0 Å². The van der Waals surface area contributed by atoms with E-state index in [-0.39, 0.29) is 0 Å². The van der Waals surface area contributed by atoms with E-state index in [0.29, 0.717) is 12.8 Å². The van der Waals surface area contributed by atoms with Crippen LogP contribution in [0.3, 0.4) is 0 Å². The molecular weight excluding hydrogens is 316 g/mol. The summed E-state index contributed by atoms with van der Waals surface area (Å²) in [5.74, 6) is 0. The third kappa shape index (κ3) is 4.02. The molecule has 0 radical (unpaired) electrons. The number of nitrogens with zero attached hydrogens (tertiary/aromatic N) is 2. The van der Waals surface area contributed by atoms with E-state index in [1.165, 1.54) is 4.90 Å². The van der Waals surface area contributed by atoms with E-state index in [9.17, 15) is 5.11 Å². The molecule has 3 aromatic rings. The van der Waals surface area contributed by atoms with Gasteiger partial charge in [0, 0.05) is 42.5 Å².